The maximum absolute atomic E-state index is 13.4. The van der Waals surface area contributed by atoms with E-state index in [2.05, 4.69) is 4.98 Å². The summed E-state index contributed by atoms with van der Waals surface area (Å²) in [6.45, 7) is 0. The highest BCUT2D eigenvalue weighted by Gasteiger charge is 2.59. The summed E-state index contributed by atoms with van der Waals surface area (Å²) in [6.07, 6.45) is -2.20. The number of benzene rings is 1. The topological polar surface area (TPSA) is 97.5 Å². The monoisotopic (exact) mass is 446 g/mol. The van der Waals surface area contributed by atoms with Crippen molar-refractivity contribution in [2.75, 3.05) is 9.80 Å². The van der Waals surface area contributed by atoms with E-state index < -0.39 is 34.8 Å². The fraction of sp³-hybridized carbons (Fsp3) is 0.250. The van der Waals surface area contributed by atoms with Gasteiger partial charge in [0.2, 0.25) is 0 Å². The zero-order valence-corrected chi connectivity index (χ0v) is 16.5. The molecule has 1 aromatic carbocycles. The molecule has 1 aliphatic heterocycles. The third-order valence-corrected chi connectivity index (χ3v) is 5.87. The number of hydrogen-bond donors (Lipinski definition) is 1. The number of pyridine rings is 1. The predicted molar refractivity (Wildman–Crippen MR) is 107 cm³/mol. The number of amides is 1. The molecule has 1 spiro atoms. The van der Waals surface area contributed by atoms with Gasteiger partial charge in [0.15, 0.2) is 10.8 Å². The maximum Gasteiger partial charge on any atom is 0.419 e. The molecular weight excluding hydrogens is 433 g/mol. The Bertz CT molecular complexity index is 1150. The second-order valence-electron chi connectivity index (χ2n) is 7.19. The molecule has 7 nitrogen and oxygen atoms in total. The smallest absolute Gasteiger partial charge is 0.419 e. The van der Waals surface area contributed by atoms with Gasteiger partial charge in [-0.3, -0.25) is 9.69 Å². The zero-order valence-electron chi connectivity index (χ0n) is 15.7. The molecule has 2 aromatic rings. The average Bonchev–Trinajstić information content (AvgIpc) is 2.93. The molecule has 1 saturated heterocycles. The van der Waals surface area contributed by atoms with E-state index in [1.165, 1.54) is 30.3 Å². The van der Waals surface area contributed by atoms with Crippen molar-refractivity contribution in [3.05, 3.63) is 53.3 Å². The van der Waals surface area contributed by atoms with Gasteiger partial charge in [0.1, 0.15) is 11.6 Å². The normalized spacial score (nSPS) is 17.6. The Hall–Kier alpha value is -3.52. The molecule has 1 aromatic heterocycles. The van der Waals surface area contributed by atoms with Gasteiger partial charge in [-0.2, -0.15) is 18.4 Å². The summed E-state index contributed by atoms with van der Waals surface area (Å²) >= 11 is 5.48. The number of carboxylic acid groups (broad SMARTS) is 1. The molecule has 0 bridgehead atoms. The summed E-state index contributed by atoms with van der Waals surface area (Å²) in [4.78, 5) is 30.6. The Morgan fingerprint density at radius 1 is 1.23 bits per heavy atom. The van der Waals surface area contributed by atoms with Crippen molar-refractivity contribution in [2.45, 2.75) is 31.0 Å². The lowest BCUT2D eigenvalue weighted by Crippen LogP contribution is -2.55. The van der Waals surface area contributed by atoms with Gasteiger partial charge in [-0.15, -0.1) is 0 Å². The van der Waals surface area contributed by atoms with E-state index in [4.69, 9.17) is 22.6 Å². The van der Waals surface area contributed by atoms with Crippen molar-refractivity contribution in [1.82, 2.24) is 4.98 Å². The number of carboxylic acids is 1. The van der Waals surface area contributed by atoms with Crippen LogP contribution in [0.5, 0.6) is 0 Å². The van der Waals surface area contributed by atoms with Crippen molar-refractivity contribution in [1.29, 1.82) is 5.26 Å². The van der Waals surface area contributed by atoms with Crippen LogP contribution in [0.1, 0.15) is 40.9 Å². The number of halogens is 3. The highest BCUT2D eigenvalue weighted by Crippen LogP contribution is 2.48. The second kappa shape index (κ2) is 7.02. The molecule has 1 N–H and O–H groups in total. The number of aromatic carboxylic acids is 1. The Balaban J connectivity index is 1.80. The number of rotatable bonds is 3. The van der Waals surface area contributed by atoms with Gasteiger partial charge in [-0.1, -0.05) is 0 Å². The molecular formula is C20H13F3N4O3S. The maximum atomic E-state index is 13.4. The van der Waals surface area contributed by atoms with Gasteiger partial charge in [-0.05, 0) is 61.8 Å². The van der Waals surface area contributed by atoms with Crippen LogP contribution in [0.2, 0.25) is 0 Å². The summed E-state index contributed by atoms with van der Waals surface area (Å²) in [5.74, 6) is -1.60. The summed E-state index contributed by atoms with van der Waals surface area (Å²) in [6, 6.07) is 7.84. The fourth-order valence-corrected chi connectivity index (χ4v) is 4.31. The van der Waals surface area contributed by atoms with Gasteiger partial charge < -0.3 is 10.0 Å². The molecule has 2 fully saturated rings. The summed E-state index contributed by atoms with van der Waals surface area (Å²) in [5, 5.41) is 18.0. The second-order valence-corrected chi connectivity index (χ2v) is 7.56. The van der Waals surface area contributed by atoms with Crippen molar-refractivity contribution in [2.24, 2.45) is 0 Å². The first-order chi connectivity index (χ1) is 14.6. The zero-order chi connectivity index (χ0) is 22.6. The molecule has 2 heterocycles. The molecule has 1 aliphatic carbocycles. The lowest BCUT2D eigenvalue weighted by Gasteiger charge is -2.43. The molecule has 4 rings (SSSR count). The molecule has 31 heavy (non-hydrogen) atoms. The van der Waals surface area contributed by atoms with Crippen molar-refractivity contribution in [3.63, 3.8) is 0 Å². The number of aromatic nitrogens is 1. The number of thiocarbonyl (C=S) groups is 1. The molecule has 0 radical (unpaired) electrons. The molecule has 2 aliphatic rings. The molecule has 11 heteroatoms. The first kappa shape index (κ1) is 20.7. The van der Waals surface area contributed by atoms with Crippen molar-refractivity contribution in [3.8, 4) is 6.07 Å². The minimum atomic E-state index is -4.83. The van der Waals surface area contributed by atoms with Gasteiger partial charge in [-0.25, -0.2) is 9.78 Å². The first-order valence-electron chi connectivity index (χ1n) is 9.09. The molecule has 1 amide bonds. The molecule has 0 atom stereocenters. The van der Waals surface area contributed by atoms with Gasteiger partial charge in [0.05, 0.1) is 23.0 Å². The quantitative estimate of drug-likeness (QED) is 0.718. The number of alkyl halides is 3. The van der Waals surface area contributed by atoms with Crippen LogP contribution >= 0.6 is 12.2 Å². The van der Waals surface area contributed by atoms with Gasteiger partial charge in [0.25, 0.3) is 5.91 Å². The van der Waals surface area contributed by atoms with E-state index in [1.807, 2.05) is 0 Å². The fourth-order valence-electron chi connectivity index (χ4n) is 3.84. The van der Waals surface area contributed by atoms with E-state index in [-0.39, 0.29) is 16.4 Å². The Kier molecular flexibility index (Phi) is 4.70. The van der Waals surface area contributed by atoms with Crippen LogP contribution in [-0.2, 0) is 11.0 Å². The summed E-state index contributed by atoms with van der Waals surface area (Å²) in [7, 11) is 0. The van der Waals surface area contributed by atoms with Crippen LogP contribution in [0.3, 0.4) is 0 Å². The first-order valence-corrected chi connectivity index (χ1v) is 9.50. The van der Waals surface area contributed by atoms with Crippen molar-refractivity contribution >= 4 is 40.6 Å². The standard InChI is InChI=1S/C20H13F3N4O3S/c21-20(22,23)14-8-13(10-25-15(14)9-24)26-17(30)19(6-1-7-19)27(18(26)31)12-4-2-11(3-5-12)16(28)29/h2-5,8,10H,1,6-7H2,(H,28,29). The summed E-state index contributed by atoms with van der Waals surface area (Å²) in [5.41, 5.74) is -2.77. The molecule has 1 saturated carbocycles. The highest BCUT2D eigenvalue weighted by molar-refractivity contribution is 7.81. The number of carbonyl (C=O) groups excluding carboxylic acids is 1. The van der Waals surface area contributed by atoms with E-state index in [0.717, 1.165) is 17.5 Å². The highest BCUT2D eigenvalue weighted by atomic mass is 32.1. The Labute approximate surface area is 179 Å². The Morgan fingerprint density at radius 2 is 1.87 bits per heavy atom. The largest absolute Gasteiger partial charge is 0.478 e. The van der Waals surface area contributed by atoms with Crippen LogP contribution in [0, 0.1) is 11.3 Å². The van der Waals surface area contributed by atoms with E-state index in [1.54, 1.807) is 4.90 Å². The third kappa shape index (κ3) is 3.11. The number of nitrogens with zero attached hydrogens (tertiary/aromatic N) is 4. The minimum absolute atomic E-state index is 0.0348. The lowest BCUT2D eigenvalue weighted by atomic mass is 9.75. The van der Waals surface area contributed by atoms with Gasteiger partial charge in [0, 0.05) is 5.69 Å². The van der Waals surface area contributed by atoms with Crippen molar-refractivity contribution < 1.29 is 27.9 Å². The lowest BCUT2D eigenvalue weighted by molar-refractivity contribution is -0.138. The third-order valence-electron chi connectivity index (χ3n) is 5.51. The molecule has 158 valence electrons. The van der Waals surface area contributed by atoms with E-state index >= 15 is 0 Å². The molecule has 0 unspecified atom stereocenters. The predicted octanol–water partition coefficient (Wildman–Crippen LogP) is 3.73. The number of nitriles is 1. The number of carbonyl (C=O) groups is 2. The average molecular weight is 446 g/mol. The van der Waals surface area contributed by atoms with E-state index in [9.17, 15) is 22.8 Å². The SMILES string of the molecule is N#Cc1ncc(N2C(=O)C3(CCC3)N(c3ccc(C(=O)O)cc3)C2=S)cc1C(F)(F)F. The van der Waals surface area contributed by atoms with Crippen LogP contribution < -0.4 is 9.80 Å². The van der Waals surface area contributed by atoms with E-state index in [0.29, 0.717) is 24.6 Å². The van der Waals surface area contributed by atoms with Crippen LogP contribution in [0.4, 0.5) is 24.5 Å². The van der Waals surface area contributed by atoms with Crippen LogP contribution in [0.25, 0.3) is 0 Å². The number of hydrogen-bond acceptors (Lipinski definition) is 5. The van der Waals surface area contributed by atoms with Crippen LogP contribution in [-0.4, -0.2) is 32.6 Å². The van der Waals surface area contributed by atoms with Crippen LogP contribution in [0.15, 0.2) is 36.5 Å². The summed E-state index contributed by atoms with van der Waals surface area (Å²) < 4.78 is 40.2. The van der Waals surface area contributed by atoms with Gasteiger partial charge >= 0.3 is 12.1 Å². The Morgan fingerprint density at radius 3 is 2.35 bits per heavy atom. The number of anilines is 2. The minimum Gasteiger partial charge on any atom is -0.478 e.